The van der Waals surface area contributed by atoms with Crippen LogP contribution in [0.2, 0.25) is 0 Å². The lowest BCUT2D eigenvalue weighted by molar-refractivity contribution is 0.408. The topological polar surface area (TPSA) is 33.3 Å². The minimum Gasteiger partial charge on any atom is -0.496 e. The lowest BCUT2D eigenvalue weighted by Crippen LogP contribution is -2.22. The fourth-order valence-electron chi connectivity index (χ4n) is 2.07. The van der Waals surface area contributed by atoms with E-state index in [1.165, 1.54) is 17.5 Å². The van der Waals surface area contributed by atoms with E-state index in [1.54, 1.807) is 7.11 Å². The van der Waals surface area contributed by atoms with Crippen molar-refractivity contribution in [3.63, 3.8) is 0 Å². The van der Waals surface area contributed by atoms with Crippen molar-refractivity contribution in [2.45, 2.75) is 32.6 Å². The molecular weight excluding hydrogens is 236 g/mol. The van der Waals surface area contributed by atoms with Crippen molar-refractivity contribution in [2.75, 3.05) is 33.8 Å². The van der Waals surface area contributed by atoms with Crippen LogP contribution in [0.25, 0.3) is 0 Å². The Kier molecular flexibility index (Phi) is 7.53. The van der Waals surface area contributed by atoms with Gasteiger partial charge in [-0.3, -0.25) is 0 Å². The van der Waals surface area contributed by atoms with Crippen molar-refractivity contribution in [3.05, 3.63) is 29.3 Å². The molecule has 1 aromatic rings. The molecule has 0 bridgehead atoms. The number of ether oxygens (including phenoxy) is 1. The van der Waals surface area contributed by atoms with Gasteiger partial charge in [0.25, 0.3) is 0 Å². The summed E-state index contributed by atoms with van der Waals surface area (Å²) in [5.41, 5.74) is 2.62. The molecule has 0 aliphatic rings. The van der Waals surface area contributed by atoms with E-state index in [2.05, 4.69) is 42.7 Å². The van der Waals surface area contributed by atoms with Gasteiger partial charge in [-0.1, -0.05) is 26.0 Å². The Hall–Kier alpha value is -1.06. The Morgan fingerprint density at radius 2 is 1.95 bits per heavy atom. The minimum atomic E-state index is 0.544. The molecule has 3 nitrogen and oxygen atoms in total. The molecule has 0 saturated heterocycles. The van der Waals surface area contributed by atoms with Crippen LogP contribution in [-0.4, -0.2) is 33.8 Å². The SMILES string of the molecule is CNCCCNCCc1ccc(C(C)C)cc1OC. The number of nitrogens with one attached hydrogen (secondary N) is 2. The molecule has 3 heteroatoms. The van der Waals surface area contributed by atoms with Crippen molar-refractivity contribution in [1.29, 1.82) is 0 Å². The molecule has 0 amide bonds. The Balaban J connectivity index is 2.44. The van der Waals surface area contributed by atoms with Crippen LogP contribution in [-0.2, 0) is 6.42 Å². The normalized spacial score (nSPS) is 11.0. The molecule has 0 aliphatic carbocycles. The van der Waals surface area contributed by atoms with Crippen LogP contribution in [0.3, 0.4) is 0 Å². The standard InChI is InChI=1S/C16H28N2O/c1-13(2)15-7-6-14(16(12-15)19-4)8-11-18-10-5-9-17-3/h6-7,12-13,17-18H,5,8-11H2,1-4H3. The summed E-state index contributed by atoms with van der Waals surface area (Å²) in [7, 11) is 3.74. The van der Waals surface area contributed by atoms with E-state index in [-0.39, 0.29) is 0 Å². The molecule has 0 unspecified atom stereocenters. The second-order valence-corrected chi connectivity index (χ2v) is 5.18. The summed E-state index contributed by atoms with van der Waals surface area (Å²) in [4.78, 5) is 0. The molecule has 0 aliphatic heterocycles. The predicted molar refractivity (Wildman–Crippen MR) is 82.2 cm³/mol. The average molecular weight is 264 g/mol. The summed E-state index contributed by atoms with van der Waals surface area (Å²) in [6, 6.07) is 6.58. The average Bonchev–Trinajstić information content (AvgIpc) is 2.42. The first-order valence-corrected chi connectivity index (χ1v) is 7.21. The van der Waals surface area contributed by atoms with Crippen LogP contribution in [0.5, 0.6) is 5.75 Å². The summed E-state index contributed by atoms with van der Waals surface area (Å²) >= 11 is 0. The molecule has 1 rings (SSSR count). The molecule has 0 aromatic heterocycles. The monoisotopic (exact) mass is 264 g/mol. The molecule has 0 saturated carbocycles. The largest absolute Gasteiger partial charge is 0.496 e. The second-order valence-electron chi connectivity index (χ2n) is 5.18. The Morgan fingerprint density at radius 1 is 1.16 bits per heavy atom. The van der Waals surface area contributed by atoms with Gasteiger partial charge in [-0.2, -0.15) is 0 Å². The van der Waals surface area contributed by atoms with Gasteiger partial charge in [0, 0.05) is 0 Å². The molecule has 0 spiro atoms. The highest BCUT2D eigenvalue weighted by Crippen LogP contribution is 2.24. The van der Waals surface area contributed by atoms with E-state index >= 15 is 0 Å². The maximum atomic E-state index is 5.49. The van der Waals surface area contributed by atoms with Crippen molar-refractivity contribution < 1.29 is 4.74 Å². The molecule has 1 aromatic carbocycles. The molecule has 0 heterocycles. The number of hydrogen-bond donors (Lipinski definition) is 2. The Bertz CT molecular complexity index is 364. The van der Waals surface area contributed by atoms with Gasteiger partial charge < -0.3 is 15.4 Å². The zero-order valence-corrected chi connectivity index (χ0v) is 12.8. The summed E-state index contributed by atoms with van der Waals surface area (Å²) in [6.07, 6.45) is 2.18. The summed E-state index contributed by atoms with van der Waals surface area (Å²) in [5, 5.41) is 6.61. The van der Waals surface area contributed by atoms with Crippen LogP contribution in [0.4, 0.5) is 0 Å². The molecular formula is C16H28N2O. The van der Waals surface area contributed by atoms with Gasteiger partial charge in [-0.15, -0.1) is 0 Å². The molecule has 19 heavy (non-hydrogen) atoms. The molecule has 2 N–H and O–H groups in total. The van der Waals surface area contributed by atoms with Crippen LogP contribution in [0.15, 0.2) is 18.2 Å². The van der Waals surface area contributed by atoms with E-state index in [4.69, 9.17) is 4.74 Å². The van der Waals surface area contributed by atoms with Crippen molar-refractivity contribution in [2.24, 2.45) is 0 Å². The third-order valence-corrected chi connectivity index (χ3v) is 3.33. The lowest BCUT2D eigenvalue weighted by Gasteiger charge is -2.13. The number of hydrogen-bond acceptors (Lipinski definition) is 3. The van der Waals surface area contributed by atoms with Crippen molar-refractivity contribution in [1.82, 2.24) is 10.6 Å². The first-order valence-electron chi connectivity index (χ1n) is 7.21. The molecule has 0 radical (unpaired) electrons. The van der Waals surface area contributed by atoms with Gasteiger partial charge in [-0.05, 0) is 62.6 Å². The highest BCUT2D eigenvalue weighted by Gasteiger charge is 2.06. The van der Waals surface area contributed by atoms with Gasteiger partial charge in [0.1, 0.15) is 5.75 Å². The smallest absolute Gasteiger partial charge is 0.122 e. The summed E-state index contributed by atoms with van der Waals surface area (Å²) in [6.45, 7) is 7.54. The number of methoxy groups -OCH3 is 1. The van der Waals surface area contributed by atoms with Gasteiger partial charge in [0.15, 0.2) is 0 Å². The van der Waals surface area contributed by atoms with Gasteiger partial charge in [-0.25, -0.2) is 0 Å². The first kappa shape index (κ1) is 16.0. The number of rotatable bonds is 9. The quantitative estimate of drug-likeness (QED) is 0.673. The van der Waals surface area contributed by atoms with Crippen molar-refractivity contribution >= 4 is 0 Å². The van der Waals surface area contributed by atoms with Crippen LogP contribution < -0.4 is 15.4 Å². The highest BCUT2D eigenvalue weighted by molar-refractivity contribution is 5.38. The van der Waals surface area contributed by atoms with Crippen LogP contribution in [0.1, 0.15) is 37.3 Å². The molecule has 108 valence electrons. The van der Waals surface area contributed by atoms with E-state index in [0.29, 0.717) is 5.92 Å². The van der Waals surface area contributed by atoms with Crippen LogP contribution in [0, 0.1) is 0 Å². The zero-order valence-electron chi connectivity index (χ0n) is 12.8. The molecule has 0 fully saturated rings. The predicted octanol–water partition coefficient (Wildman–Crippen LogP) is 2.56. The fourth-order valence-corrected chi connectivity index (χ4v) is 2.07. The second kappa shape index (κ2) is 8.94. The van der Waals surface area contributed by atoms with Gasteiger partial charge in [0.05, 0.1) is 7.11 Å². The third-order valence-electron chi connectivity index (χ3n) is 3.33. The van der Waals surface area contributed by atoms with Gasteiger partial charge in [0.2, 0.25) is 0 Å². The number of benzene rings is 1. The van der Waals surface area contributed by atoms with E-state index in [1.807, 2.05) is 7.05 Å². The maximum absolute atomic E-state index is 5.49. The Morgan fingerprint density at radius 3 is 2.58 bits per heavy atom. The Labute approximate surface area is 117 Å². The summed E-state index contributed by atoms with van der Waals surface area (Å²) < 4.78 is 5.49. The highest BCUT2D eigenvalue weighted by atomic mass is 16.5. The van der Waals surface area contributed by atoms with Crippen LogP contribution >= 0.6 is 0 Å². The summed E-state index contributed by atoms with van der Waals surface area (Å²) in [5.74, 6) is 1.56. The fraction of sp³-hybridized carbons (Fsp3) is 0.625. The lowest BCUT2D eigenvalue weighted by atomic mass is 10.00. The molecule has 0 atom stereocenters. The van der Waals surface area contributed by atoms with E-state index in [9.17, 15) is 0 Å². The van der Waals surface area contributed by atoms with E-state index in [0.717, 1.165) is 31.8 Å². The van der Waals surface area contributed by atoms with E-state index < -0.39 is 0 Å². The van der Waals surface area contributed by atoms with Gasteiger partial charge >= 0.3 is 0 Å². The minimum absolute atomic E-state index is 0.544. The third kappa shape index (κ3) is 5.62. The van der Waals surface area contributed by atoms with Crippen molar-refractivity contribution in [3.8, 4) is 5.75 Å². The first-order chi connectivity index (χ1) is 9.19. The zero-order chi connectivity index (χ0) is 14.1. The maximum Gasteiger partial charge on any atom is 0.122 e.